The van der Waals surface area contributed by atoms with E-state index in [-0.39, 0.29) is 11.7 Å². The molecule has 7 heteroatoms. The van der Waals surface area contributed by atoms with Crippen LogP contribution in [0.15, 0.2) is 64.9 Å². The monoisotopic (exact) mass is 380 g/mol. The zero-order chi connectivity index (χ0) is 19.1. The highest BCUT2D eigenvalue weighted by molar-refractivity contribution is 7.99. The van der Waals surface area contributed by atoms with E-state index in [9.17, 15) is 4.79 Å². The van der Waals surface area contributed by atoms with Crippen LogP contribution in [0.1, 0.15) is 5.56 Å². The van der Waals surface area contributed by atoms with Crippen molar-refractivity contribution in [1.29, 1.82) is 0 Å². The Hall–Kier alpha value is -3.06. The molecule has 3 aromatic rings. The summed E-state index contributed by atoms with van der Waals surface area (Å²) in [6.45, 7) is 0. The van der Waals surface area contributed by atoms with Gasteiger partial charge in [-0.3, -0.25) is 4.79 Å². The summed E-state index contributed by atoms with van der Waals surface area (Å²) < 4.78 is 7.25. The van der Waals surface area contributed by atoms with Gasteiger partial charge in [0.1, 0.15) is 5.75 Å². The Morgan fingerprint density at radius 2 is 2.04 bits per heavy atom. The molecule has 0 spiro atoms. The van der Waals surface area contributed by atoms with Crippen LogP contribution in [-0.2, 0) is 11.8 Å². The fraction of sp³-hybridized carbons (Fsp3) is 0.150. The zero-order valence-corrected chi connectivity index (χ0v) is 15.9. The highest BCUT2D eigenvalue weighted by Crippen LogP contribution is 2.22. The first kappa shape index (κ1) is 18.7. The molecule has 1 N–H and O–H groups in total. The molecule has 0 saturated carbocycles. The van der Waals surface area contributed by atoms with Gasteiger partial charge in [-0.2, -0.15) is 5.10 Å². The van der Waals surface area contributed by atoms with Gasteiger partial charge in [-0.25, -0.2) is 10.4 Å². The molecule has 0 bridgehead atoms. The van der Waals surface area contributed by atoms with Crippen LogP contribution in [0.2, 0.25) is 0 Å². The second-order valence-corrected chi connectivity index (χ2v) is 6.59. The molecule has 138 valence electrons. The van der Waals surface area contributed by atoms with E-state index in [1.165, 1.54) is 18.0 Å². The molecule has 1 aromatic heterocycles. The number of imidazole rings is 1. The lowest BCUT2D eigenvalue weighted by Gasteiger charge is -2.02. The van der Waals surface area contributed by atoms with Gasteiger partial charge in [0.2, 0.25) is 0 Å². The minimum atomic E-state index is -0.186. The number of thioether (sulfide) groups is 1. The summed E-state index contributed by atoms with van der Waals surface area (Å²) in [4.78, 5) is 16.5. The van der Waals surface area contributed by atoms with Crippen LogP contribution in [0.3, 0.4) is 0 Å². The Bertz CT molecular complexity index is 995. The van der Waals surface area contributed by atoms with Crippen molar-refractivity contribution in [2.24, 2.45) is 12.1 Å². The molecule has 0 aliphatic carbocycles. The van der Waals surface area contributed by atoms with Crippen molar-refractivity contribution in [3.05, 3.63) is 60.2 Å². The average molecular weight is 380 g/mol. The number of amides is 1. The molecule has 3 rings (SSSR count). The third-order valence-electron chi connectivity index (χ3n) is 3.84. The molecule has 0 aliphatic heterocycles. The molecule has 2 aromatic carbocycles. The van der Waals surface area contributed by atoms with E-state index < -0.39 is 0 Å². The third kappa shape index (κ3) is 4.77. The van der Waals surface area contributed by atoms with E-state index in [2.05, 4.69) is 15.5 Å². The first-order valence-electron chi connectivity index (χ1n) is 8.35. The number of hydrazone groups is 1. The van der Waals surface area contributed by atoms with Crippen molar-refractivity contribution in [2.75, 3.05) is 12.9 Å². The predicted octanol–water partition coefficient (Wildman–Crippen LogP) is 3.49. The lowest BCUT2D eigenvalue weighted by atomic mass is 10.2. The van der Waals surface area contributed by atoms with Gasteiger partial charge in [-0.15, -0.1) is 0 Å². The number of rotatable bonds is 7. The zero-order valence-electron chi connectivity index (χ0n) is 15.1. The number of benzene rings is 2. The summed E-state index contributed by atoms with van der Waals surface area (Å²) in [5.74, 6) is 0.837. The van der Waals surface area contributed by atoms with E-state index in [1.54, 1.807) is 13.2 Å². The molecule has 0 saturated heterocycles. The Kier molecular flexibility index (Phi) is 6.27. The van der Waals surface area contributed by atoms with Gasteiger partial charge in [-0.1, -0.05) is 42.1 Å². The van der Waals surface area contributed by atoms with E-state index in [0.29, 0.717) is 0 Å². The quantitative estimate of drug-likeness (QED) is 0.387. The molecule has 0 fully saturated rings. The molecule has 0 aliphatic rings. The van der Waals surface area contributed by atoms with Gasteiger partial charge >= 0.3 is 0 Å². The van der Waals surface area contributed by atoms with Gasteiger partial charge < -0.3 is 9.30 Å². The molecular weight excluding hydrogens is 360 g/mol. The molecule has 1 heterocycles. The maximum Gasteiger partial charge on any atom is 0.250 e. The van der Waals surface area contributed by atoms with Crippen LogP contribution in [0.25, 0.3) is 17.1 Å². The number of allylic oxidation sites excluding steroid dienone is 1. The standard InChI is InChI=1S/C20H20N4O2S/c1-24-17-11-5-4-10-16(17)22-20(24)27-14-19(25)23-21-13-7-9-15-8-3-6-12-18(15)26-2/h3-13H,14H2,1-2H3,(H,23,25). The van der Waals surface area contributed by atoms with Crippen molar-refractivity contribution in [2.45, 2.75) is 5.16 Å². The minimum absolute atomic E-state index is 0.186. The van der Waals surface area contributed by atoms with Gasteiger partial charge in [0, 0.05) is 18.8 Å². The number of hydrogen-bond acceptors (Lipinski definition) is 5. The number of nitrogens with one attached hydrogen (secondary N) is 1. The van der Waals surface area contributed by atoms with Crippen LogP contribution in [0.5, 0.6) is 5.75 Å². The average Bonchev–Trinajstić information content (AvgIpc) is 3.02. The normalized spacial score (nSPS) is 11.5. The maximum absolute atomic E-state index is 11.9. The number of para-hydroxylation sites is 3. The number of aromatic nitrogens is 2. The number of ether oxygens (including phenoxy) is 1. The topological polar surface area (TPSA) is 68.5 Å². The van der Waals surface area contributed by atoms with Gasteiger partial charge in [0.05, 0.1) is 23.9 Å². The molecule has 6 nitrogen and oxygen atoms in total. The van der Waals surface area contributed by atoms with Crippen molar-refractivity contribution in [1.82, 2.24) is 15.0 Å². The summed E-state index contributed by atoms with van der Waals surface area (Å²) >= 11 is 1.38. The number of carbonyl (C=O) groups is 1. The summed E-state index contributed by atoms with van der Waals surface area (Å²) in [5.41, 5.74) is 5.41. The molecule has 0 unspecified atom stereocenters. The highest BCUT2D eigenvalue weighted by atomic mass is 32.2. The Labute approximate surface area is 161 Å². The van der Waals surface area contributed by atoms with E-state index >= 15 is 0 Å². The number of aryl methyl sites for hydroxylation is 1. The number of hydrogen-bond donors (Lipinski definition) is 1. The van der Waals surface area contributed by atoms with Gasteiger partial charge in [0.15, 0.2) is 5.16 Å². The SMILES string of the molecule is COc1ccccc1C=CC=NNC(=O)CSc1nc2ccccc2n1C. The molecule has 0 atom stereocenters. The fourth-order valence-electron chi connectivity index (χ4n) is 2.52. The lowest BCUT2D eigenvalue weighted by molar-refractivity contribution is -0.118. The second kappa shape index (κ2) is 9.05. The smallest absolute Gasteiger partial charge is 0.250 e. The summed E-state index contributed by atoms with van der Waals surface area (Å²) in [6, 6.07) is 15.5. The highest BCUT2D eigenvalue weighted by Gasteiger charge is 2.09. The van der Waals surface area contributed by atoms with Crippen molar-refractivity contribution in [3.8, 4) is 5.75 Å². The van der Waals surface area contributed by atoms with Crippen molar-refractivity contribution in [3.63, 3.8) is 0 Å². The first-order valence-corrected chi connectivity index (χ1v) is 9.33. The number of carbonyl (C=O) groups excluding carboxylic acids is 1. The molecular formula is C20H20N4O2S. The van der Waals surface area contributed by atoms with Gasteiger partial charge in [0.25, 0.3) is 5.91 Å². The maximum atomic E-state index is 11.9. The minimum Gasteiger partial charge on any atom is -0.496 e. The molecule has 0 radical (unpaired) electrons. The van der Waals surface area contributed by atoms with Gasteiger partial charge in [-0.05, 0) is 30.4 Å². The van der Waals surface area contributed by atoms with E-state index in [0.717, 1.165) is 27.5 Å². The largest absolute Gasteiger partial charge is 0.496 e. The third-order valence-corrected chi connectivity index (χ3v) is 4.87. The first-order chi connectivity index (χ1) is 13.2. The van der Waals surface area contributed by atoms with Crippen LogP contribution >= 0.6 is 11.8 Å². The molecule has 1 amide bonds. The number of fused-ring (bicyclic) bond motifs is 1. The number of nitrogens with zero attached hydrogens (tertiary/aromatic N) is 3. The summed E-state index contributed by atoms with van der Waals surface area (Å²) in [7, 11) is 3.57. The second-order valence-electron chi connectivity index (χ2n) is 5.65. The van der Waals surface area contributed by atoms with Crippen LogP contribution in [0, 0.1) is 0 Å². The van der Waals surface area contributed by atoms with E-state index in [4.69, 9.17) is 4.74 Å². The Morgan fingerprint density at radius 1 is 1.26 bits per heavy atom. The van der Waals surface area contributed by atoms with Crippen LogP contribution in [0.4, 0.5) is 0 Å². The lowest BCUT2D eigenvalue weighted by Crippen LogP contribution is -2.19. The molecule has 27 heavy (non-hydrogen) atoms. The van der Waals surface area contributed by atoms with Crippen molar-refractivity contribution >= 4 is 41.0 Å². The van der Waals surface area contributed by atoms with Crippen LogP contribution < -0.4 is 10.2 Å². The summed E-state index contributed by atoms with van der Waals surface area (Å²) in [6.07, 6.45) is 5.14. The van der Waals surface area contributed by atoms with Crippen molar-refractivity contribution < 1.29 is 9.53 Å². The number of methoxy groups -OCH3 is 1. The Balaban J connectivity index is 1.50. The van der Waals surface area contributed by atoms with Crippen LogP contribution in [-0.4, -0.2) is 34.5 Å². The summed E-state index contributed by atoms with van der Waals surface area (Å²) in [5, 5.41) is 4.72. The fourth-order valence-corrected chi connectivity index (χ4v) is 3.30. The van der Waals surface area contributed by atoms with E-state index in [1.807, 2.05) is 66.2 Å². The Morgan fingerprint density at radius 3 is 2.85 bits per heavy atom. The predicted molar refractivity (Wildman–Crippen MR) is 110 cm³/mol.